The number of fused-ring (bicyclic) bond motifs is 1. The van der Waals surface area contributed by atoms with Crippen LogP contribution in [0.25, 0.3) is 5.65 Å². The quantitative estimate of drug-likeness (QED) is 0.875. The molecule has 0 aliphatic heterocycles. The van der Waals surface area contributed by atoms with Crippen LogP contribution in [-0.4, -0.2) is 20.5 Å². The monoisotopic (exact) mass is 282 g/mol. The predicted octanol–water partition coefficient (Wildman–Crippen LogP) is 2.72. The summed E-state index contributed by atoms with van der Waals surface area (Å²) in [6.07, 6.45) is 1.75. The van der Waals surface area contributed by atoms with E-state index >= 15 is 0 Å². The molecule has 1 N–H and O–H groups in total. The van der Waals surface area contributed by atoms with Crippen molar-refractivity contribution in [3.8, 4) is 0 Å². The zero-order valence-corrected chi connectivity index (χ0v) is 10.8. The Kier molecular flexibility index (Phi) is 2.50. The van der Waals surface area contributed by atoms with Crippen LogP contribution in [0, 0.1) is 20.8 Å². The van der Waals surface area contributed by atoms with E-state index in [0.717, 1.165) is 15.6 Å². The van der Waals surface area contributed by atoms with E-state index in [1.165, 1.54) is 0 Å². The molecule has 2 aromatic rings. The lowest BCUT2D eigenvalue weighted by Crippen LogP contribution is -2.04. The number of pyridine rings is 1. The first kappa shape index (κ1) is 11.1. The van der Waals surface area contributed by atoms with Gasteiger partial charge in [0.2, 0.25) is 0 Å². The van der Waals surface area contributed by atoms with E-state index in [4.69, 9.17) is 5.11 Å². The lowest BCUT2D eigenvalue weighted by atomic mass is 10.2. The summed E-state index contributed by atoms with van der Waals surface area (Å²) < 4.78 is 2.50. The molecule has 0 aromatic carbocycles. The molecule has 2 heterocycles. The molecule has 5 heteroatoms. The third kappa shape index (κ3) is 1.43. The number of nitrogens with zero attached hydrogens (tertiary/aromatic N) is 2. The second-order valence-electron chi connectivity index (χ2n) is 3.77. The molecule has 0 radical (unpaired) electrons. The number of hydrogen-bond acceptors (Lipinski definition) is 2. The van der Waals surface area contributed by atoms with Gasteiger partial charge in [-0.1, -0.05) is 0 Å². The van der Waals surface area contributed by atoms with Crippen LogP contribution in [0.5, 0.6) is 0 Å². The van der Waals surface area contributed by atoms with Gasteiger partial charge in [-0.05, 0) is 47.8 Å². The second-order valence-corrected chi connectivity index (χ2v) is 4.63. The largest absolute Gasteiger partial charge is 0.477 e. The lowest BCUT2D eigenvalue weighted by Gasteiger charge is -2.06. The number of aromatic carboxylic acids is 1. The van der Waals surface area contributed by atoms with Gasteiger partial charge in [0, 0.05) is 10.7 Å². The average molecular weight is 283 g/mol. The van der Waals surface area contributed by atoms with Crippen molar-refractivity contribution in [1.29, 1.82) is 0 Å². The van der Waals surface area contributed by atoms with E-state index in [1.807, 2.05) is 13.8 Å². The number of aromatic nitrogens is 2. The summed E-state index contributed by atoms with van der Waals surface area (Å²) in [5.41, 5.74) is 3.53. The van der Waals surface area contributed by atoms with Crippen molar-refractivity contribution >= 4 is 27.5 Å². The number of aryl methyl sites for hydroxylation is 2. The van der Waals surface area contributed by atoms with Crippen molar-refractivity contribution < 1.29 is 9.90 Å². The van der Waals surface area contributed by atoms with Gasteiger partial charge in [-0.3, -0.25) is 4.40 Å². The van der Waals surface area contributed by atoms with Crippen LogP contribution in [0.4, 0.5) is 0 Å². The molecule has 0 bridgehead atoms. The first-order valence-corrected chi connectivity index (χ1v) is 5.60. The van der Waals surface area contributed by atoms with Gasteiger partial charge in [0.15, 0.2) is 5.69 Å². The first-order chi connectivity index (χ1) is 7.43. The maximum absolute atomic E-state index is 11.1. The van der Waals surface area contributed by atoms with Crippen LogP contribution in [-0.2, 0) is 0 Å². The molecule has 0 saturated carbocycles. The Morgan fingerprint density at radius 3 is 2.56 bits per heavy atom. The first-order valence-electron chi connectivity index (χ1n) is 4.81. The van der Waals surface area contributed by atoms with E-state index in [2.05, 4.69) is 20.9 Å². The standard InChI is InChI=1S/C11H11BrN2O2/c1-5-6(2)10-13-7(3)9(11(15)16)14(10)4-8(5)12/h4H,1-3H3,(H,15,16). The Balaban J connectivity index is 2.96. The Hall–Kier alpha value is -1.36. The molecule has 0 aliphatic rings. The molecule has 0 unspecified atom stereocenters. The van der Waals surface area contributed by atoms with Gasteiger partial charge in [-0.2, -0.15) is 0 Å². The van der Waals surface area contributed by atoms with Gasteiger partial charge >= 0.3 is 5.97 Å². The molecule has 0 amide bonds. The number of carboxylic acids is 1. The van der Waals surface area contributed by atoms with Crippen molar-refractivity contribution in [1.82, 2.24) is 9.38 Å². The van der Waals surface area contributed by atoms with E-state index in [-0.39, 0.29) is 5.69 Å². The summed E-state index contributed by atoms with van der Waals surface area (Å²) in [4.78, 5) is 15.4. The smallest absolute Gasteiger partial charge is 0.354 e. The number of carbonyl (C=O) groups is 1. The highest BCUT2D eigenvalue weighted by atomic mass is 79.9. The highest BCUT2D eigenvalue weighted by molar-refractivity contribution is 9.10. The fourth-order valence-electron chi connectivity index (χ4n) is 1.75. The van der Waals surface area contributed by atoms with Gasteiger partial charge in [0.05, 0.1) is 5.69 Å². The Morgan fingerprint density at radius 1 is 1.38 bits per heavy atom. The van der Waals surface area contributed by atoms with Gasteiger partial charge in [0.1, 0.15) is 5.65 Å². The molecule has 16 heavy (non-hydrogen) atoms. The van der Waals surface area contributed by atoms with Gasteiger partial charge < -0.3 is 5.11 Å². The second kappa shape index (κ2) is 3.59. The van der Waals surface area contributed by atoms with Crippen LogP contribution in [0.3, 0.4) is 0 Å². The molecular formula is C11H11BrN2O2. The topological polar surface area (TPSA) is 54.6 Å². The molecule has 2 aromatic heterocycles. The zero-order chi connectivity index (χ0) is 12.0. The van der Waals surface area contributed by atoms with Gasteiger partial charge in [-0.25, -0.2) is 9.78 Å². The maximum Gasteiger partial charge on any atom is 0.354 e. The third-order valence-electron chi connectivity index (χ3n) is 2.79. The number of halogens is 1. The van der Waals surface area contributed by atoms with Crippen LogP contribution < -0.4 is 0 Å². The maximum atomic E-state index is 11.1. The number of rotatable bonds is 1. The van der Waals surface area contributed by atoms with Crippen molar-refractivity contribution in [3.05, 3.63) is 33.2 Å². The Morgan fingerprint density at radius 2 is 2.00 bits per heavy atom. The zero-order valence-electron chi connectivity index (χ0n) is 9.21. The van der Waals surface area contributed by atoms with Crippen molar-refractivity contribution in [2.45, 2.75) is 20.8 Å². The molecule has 0 fully saturated rings. The minimum Gasteiger partial charge on any atom is -0.477 e. The summed E-state index contributed by atoms with van der Waals surface area (Å²) in [5, 5.41) is 9.13. The van der Waals surface area contributed by atoms with Crippen LogP contribution >= 0.6 is 15.9 Å². The highest BCUT2D eigenvalue weighted by Gasteiger charge is 2.18. The van der Waals surface area contributed by atoms with Crippen molar-refractivity contribution in [3.63, 3.8) is 0 Å². The SMILES string of the molecule is Cc1nc2c(C)c(C)c(Br)cn2c1C(=O)O. The molecule has 4 nitrogen and oxygen atoms in total. The summed E-state index contributed by atoms with van der Waals surface area (Å²) in [7, 11) is 0. The van der Waals surface area contributed by atoms with Crippen LogP contribution in [0.1, 0.15) is 27.3 Å². The summed E-state index contributed by atoms with van der Waals surface area (Å²) in [5.74, 6) is -0.958. The highest BCUT2D eigenvalue weighted by Crippen LogP contribution is 2.25. The van der Waals surface area contributed by atoms with Crippen LogP contribution in [0.15, 0.2) is 10.7 Å². The molecule has 0 spiro atoms. The molecular weight excluding hydrogens is 272 g/mol. The van der Waals surface area contributed by atoms with Crippen LogP contribution in [0.2, 0.25) is 0 Å². The Labute approximate surface area is 101 Å². The van der Waals surface area contributed by atoms with Gasteiger partial charge in [-0.15, -0.1) is 0 Å². The van der Waals surface area contributed by atoms with E-state index < -0.39 is 5.97 Å². The van der Waals surface area contributed by atoms with E-state index in [1.54, 1.807) is 17.5 Å². The molecule has 0 aliphatic carbocycles. The molecule has 0 saturated heterocycles. The molecule has 0 atom stereocenters. The summed E-state index contributed by atoms with van der Waals surface area (Å²) in [6, 6.07) is 0. The minimum absolute atomic E-state index is 0.221. The number of hydrogen-bond donors (Lipinski definition) is 1. The van der Waals surface area contributed by atoms with E-state index in [9.17, 15) is 4.79 Å². The fourth-order valence-corrected chi connectivity index (χ4v) is 2.25. The predicted molar refractivity (Wildman–Crippen MR) is 64.1 cm³/mol. The Bertz CT molecular complexity index is 602. The normalized spacial score (nSPS) is 11.0. The summed E-state index contributed by atoms with van der Waals surface area (Å²) >= 11 is 3.42. The van der Waals surface area contributed by atoms with Crippen molar-refractivity contribution in [2.24, 2.45) is 0 Å². The number of carboxylic acid groups (broad SMARTS) is 1. The number of imidazole rings is 1. The lowest BCUT2D eigenvalue weighted by molar-refractivity contribution is 0.0688. The molecule has 84 valence electrons. The van der Waals surface area contributed by atoms with E-state index in [0.29, 0.717) is 11.3 Å². The average Bonchev–Trinajstić information content (AvgIpc) is 2.51. The fraction of sp³-hybridized carbons (Fsp3) is 0.273. The van der Waals surface area contributed by atoms with Crippen molar-refractivity contribution in [2.75, 3.05) is 0 Å². The van der Waals surface area contributed by atoms with Gasteiger partial charge in [0.25, 0.3) is 0 Å². The summed E-state index contributed by atoms with van der Waals surface area (Å²) in [6.45, 7) is 5.62. The molecule has 2 rings (SSSR count). The third-order valence-corrected chi connectivity index (χ3v) is 3.59. The minimum atomic E-state index is -0.958.